The summed E-state index contributed by atoms with van der Waals surface area (Å²) in [6, 6.07) is 14.4. The normalized spacial score (nSPS) is 16.6. The van der Waals surface area contributed by atoms with E-state index in [1.165, 1.54) is 0 Å². The predicted molar refractivity (Wildman–Crippen MR) is 103 cm³/mol. The van der Waals surface area contributed by atoms with Crippen molar-refractivity contribution in [3.63, 3.8) is 0 Å². The molecule has 26 heavy (non-hydrogen) atoms. The fraction of sp³-hybridized carbons (Fsp3) is 0.263. The van der Waals surface area contributed by atoms with Crippen LogP contribution in [0, 0.1) is 5.92 Å². The average Bonchev–Trinajstić information content (AvgIpc) is 2.97. The van der Waals surface area contributed by atoms with Crippen molar-refractivity contribution in [2.24, 2.45) is 5.92 Å². The second kappa shape index (κ2) is 8.43. The molecule has 2 aromatic carbocycles. The largest absolute Gasteiger partial charge is 0.338 e. The number of anilines is 1. The lowest BCUT2D eigenvalue weighted by Gasteiger charge is -2.17. The molecule has 2 aromatic rings. The number of hydrogen-bond acceptors (Lipinski definition) is 2. The number of rotatable bonds is 5. The van der Waals surface area contributed by atoms with Gasteiger partial charge in [-0.15, -0.1) is 0 Å². The van der Waals surface area contributed by atoms with Crippen molar-refractivity contribution in [3.8, 4) is 0 Å². The summed E-state index contributed by atoms with van der Waals surface area (Å²) >= 11 is 11.9. The monoisotopic (exact) mass is 391 g/mol. The van der Waals surface area contributed by atoms with Crippen LogP contribution in [0.2, 0.25) is 10.0 Å². The molecule has 0 aromatic heterocycles. The number of nitrogens with one attached hydrogen (secondary N) is 2. The van der Waals surface area contributed by atoms with E-state index in [0.717, 1.165) is 5.56 Å². The van der Waals surface area contributed by atoms with Crippen LogP contribution >= 0.6 is 23.2 Å². The molecule has 1 aliphatic heterocycles. The number of hydrogen-bond donors (Lipinski definition) is 2. The van der Waals surface area contributed by atoms with E-state index in [-0.39, 0.29) is 17.9 Å². The van der Waals surface area contributed by atoms with E-state index in [1.807, 2.05) is 35.2 Å². The third kappa shape index (κ3) is 4.90. The minimum atomic E-state index is -0.372. The summed E-state index contributed by atoms with van der Waals surface area (Å²) in [4.78, 5) is 26.1. The molecule has 0 spiro atoms. The van der Waals surface area contributed by atoms with Crippen LogP contribution in [0.15, 0.2) is 48.5 Å². The maximum Gasteiger partial charge on any atom is 0.319 e. The fourth-order valence-electron chi connectivity index (χ4n) is 2.94. The van der Waals surface area contributed by atoms with E-state index in [4.69, 9.17) is 23.2 Å². The number of likely N-dealkylation sites (tertiary alicyclic amines) is 1. The molecule has 1 fully saturated rings. The summed E-state index contributed by atoms with van der Waals surface area (Å²) in [6.45, 7) is 1.65. The molecule has 1 atom stereocenters. The zero-order valence-corrected chi connectivity index (χ0v) is 15.6. The molecule has 1 heterocycles. The summed E-state index contributed by atoms with van der Waals surface area (Å²) in [5, 5.41) is 6.37. The summed E-state index contributed by atoms with van der Waals surface area (Å²) in [6.07, 6.45) is 0.436. The number of carbonyl (C=O) groups is 2. The SMILES string of the molecule is O=C(NCC1CC(=O)N(Cc2ccccc2)C1)Nc1cc(Cl)ccc1Cl. The van der Waals surface area contributed by atoms with Crippen molar-refractivity contribution in [2.45, 2.75) is 13.0 Å². The average molecular weight is 392 g/mol. The van der Waals surface area contributed by atoms with Gasteiger partial charge >= 0.3 is 6.03 Å². The van der Waals surface area contributed by atoms with Gasteiger partial charge in [0.1, 0.15) is 0 Å². The molecule has 136 valence electrons. The fourth-order valence-corrected chi connectivity index (χ4v) is 3.28. The van der Waals surface area contributed by atoms with E-state index < -0.39 is 0 Å². The molecule has 1 unspecified atom stereocenters. The van der Waals surface area contributed by atoms with Crippen LogP contribution < -0.4 is 10.6 Å². The van der Waals surface area contributed by atoms with E-state index >= 15 is 0 Å². The van der Waals surface area contributed by atoms with Gasteiger partial charge in [-0.3, -0.25) is 4.79 Å². The van der Waals surface area contributed by atoms with Gasteiger partial charge in [-0.2, -0.15) is 0 Å². The number of carbonyl (C=O) groups excluding carboxylic acids is 2. The van der Waals surface area contributed by atoms with E-state index in [9.17, 15) is 9.59 Å². The standard InChI is InChI=1S/C19H19Cl2N3O2/c20-15-6-7-16(21)17(9-15)23-19(26)22-10-14-8-18(25)24(12-14)11-13-4-2-1-3-5-13/h1-7,9,14H,8,10-12H2,(H2,22,23,26). The molecular weight excluding hydrogens is 373 g/mol. The Labute approximate surface area is 162 Å². The van der Waals surface area contributed by atoms with Crippen LogP contribution in [-0.2, 0) is 11.3 Å². The zero-order chi connectivity index (χ0) is 18.5. The lowest BCUT2D eigenvalue weighted by atomic mass is 10.1. The number of amides is 3. The Hall–Kier alpha value is -2.24. The molecule has 0 aliphatic carbocycles. The molecule has 1 aliphatic rings. The van der Waals surface area contributed by atoms with Gasteiger partial charge in [-0.1, -0.05) is 53.5 Å². The lowest BCUT2D eigenvalue weighted by molar-refractivity contribution is -0.128. The highest BCUT2D eigenvalue weighted by molar-refractivity contribution is 6.35. The van der Waals surface area contributed by atoms with Crippen LogP contribution in [-0.4, -0.2) is 29.9 Å². The quantitative estimate of drug-likeness (QED) is 0.803. The minimum Gasteiger partial charge on any atom is -0.338 e. The second-order valence-electron chi connectivity index (χ2n) is 6.29. The second-order valence-corrected chi connectivity index (χ2v) is 7.13. The molecule has 5 nitrogen and oxygen atoms in total. The highest BCUT2D eigenvalue weighted by atomic mass is 35.5. The molecule has 3 rings (SSSR count). The third-order valence-electron chi connectivity index (χ3n) is 4.24. The Kier molecular flexibility index (Phi) is 6.01. The van der Waals surface area contributed by atoms with E-state index in [0.29, 0.717) is 41.8 Å². The van der Waals surface area contributed by atoms with Crippen molar-refractivity contribution < 1.29 is 9.59 Å². The molecular formula is C19H19Cl2N3O2. The first kappa shape index (κ1) is 18.5. The maximum absolute atomic E-state index is 12.2. The third-order valence-corrected chi connectivity index (χ3v) is 4.80. The first-order valence-electron chi connectivity index (χ1n) is 8.33. The van der Waals surface area contributed by atoms with Crippen LogP contribution in [0.5, 0.6) is 0 Å². The molecule has 1 saturated heterocycles. The number of nitrogens with zero attached hydrogens (tertiary/aromatic N) is 1. The van der Waals surface area contributed by atoms with Crippen LogP contribution in [0.3, 0.4) is 0 Å². The molecule has 3 amide bonds. The van der Waals surface area contributed by atoms with Gasteiger partial charge in [-0.25, -0.2) is 4.79 Å². The van der Waals surface area contributed by atoms with Gasteiger partial charge in [0.25, 0.3) is 0 Å². The van der Waals surface area contributed by atoms with Crippen LogP contribution in [0.25, 0.3) is 0 Å². The minimum absolute atomic E-state index is 0.0896. The van der Waals surface area contributed by atoms with Crippen molar-refractivity contribution >= 4 is 40.8 Å². The van der Waals surface area contributed by atoms with Crippen LogP contribution in [0.4, 0.5) is 10.5 Å². The number of halogens is 2. The van der Waals surface area contributed by atoms with Crippen molar-refractivity contribution in [3.05, 3.63) is 64.1 Å². The van der Waals surface area contributed by atoms with Crippen molar-refractivity contribution in [1.82, 2.24) is 10.2 Å². The Bertz CT molecular complexity index is 799. The van der Waals surface area contributed by atoms with Crippen LogP contribution in [0.1, 0.15) is 12.0 Å². The number of urea groups is 1. The van der Waals surface area contributed by atoms with Crippen molar-refractivity contribution in [1.29, 1.82) is 0 Å². The Morgan fingerprint density at radius 2 is 1.92 bits per heavy atom. The predicted octanol–water partition coefficient (Wildman–Crippen LogP) is 4.16. The summed E-state index contributed by atoms with van der Waals surface area (Å²) < 4.78 is 0. The van der Waals surface area contributed by atoms with Gasteiger partial charge in [0.15, 0.2) is 0 Å². The van der Waals surface area contributed by atoms with Gasteiger partial charge in [-0.05, 0) is 23.8 Å². The Balaban J connectivity index is 1.48. The van der Waals surface area contributed by atoms with Gasteiger partial charge in [0, 0.05) is 37.0 Å². The van der Waals surface area contributed by atoms with Gasteiger partial charge in [0.05, 0.1) is 10.7 Å². The number of benzene rings is 2. The highest BCUT2D eigenvalue weighted by Crippen LogP contribution is 2.25. The van der Waals surface area contributed by atoms with E-state index in [1.54, 1.807) is 18.2 Å². The Morgan fingerprint density at radius 3 is 2.69 bits per heavy atom. The topological polar surface area (TPSA) is 61.4 Å². The molecule has 0 bridgehead atoms. The molecule has 7 heteroatoms. The zero-order valence-electron chi connectivity index (χ0n) is 14.0. The summed E-state index contributed by atoms with van der Waals surface area (Å²) in [5.41, 5.74) is 1.55. The van der Waals surface area contributed by atoms with Gasteiger partial charge in [0.2, 0.25) is 5.91 Å². The first-order valence-corrected chi connectivity index (χ1v) is 9.08. The lowest BCUT2D eigenvalue weighted by Crippen LogP contribution is -2.34. The summed E-state index contributed by atoms with van der Waals surface area (Å²) in [7, 11) is 0. The first-order chi connectivity index (χ1) is 12.5. The highest BCUT2D eigenvalue weighted by Gasteiger charge is 2.29. The smallest absolute Gasteiger partial charge is 0.319 e. The maximum atomic E-state index is 12.2. The van der Waals surface area contributed by atoms with Crippen molar-refractivity contribution in [2.75, 3.05) is 18.4 Å². The summed E-state index contributed by atoms with van der Waals surface area (Å²) in [5.74, 6) is 0.200. The molecule has 2 N–H and O–H groups in total. The molecule has 0 radical (unpaired) electrons. The molecule has 0 saturated carbocycles. The van der Waals surface area contributed by atoms with Gasteiger partial charge < -0.3 is 15.5 Å². The Morgan fingerprint density at radius 1 is 1.15 bits per heavy atom. The van der Waals surface area contributed by atoms with E-state index in [2.05, 4.69) is 10.6 Å².